The molecule has 58 heavy (non-hydrogen) atoms. The van der Waals surface area contributed by atoms with E-state index >= 15 is 0 Å². The number of urea groups is 1. The molecule has 3 N–H and O–H groups in total. The summed E-state index contributed by atoms with van der Waals surface area (Å²) in [7, 11) is 0. The highest BCUT2D eigenvalue weighted by Crippen LogP contribution is 2.59. The molecule has 1 fully saturated rings. The Balaban J connectivity index is 1.40. The minimum Gasteiger partial charge on any atom is -0.406 e. The fraction of sp³-hybridized carbons (Fsp3) is 0.391. The van der Waals surface area contributed by atoms with Gasteiger partial charge in [0.15, 0.2) is 17.4 Å². The fourth-order valence-corrected chi connectivity index (χ4v) is 8.62. The van der Waals surface area contributed by atoms with Crippen molar-refractivity contribution in [3.8, 4) is 5.75 Å². The molecule has 0 heterocycles. The Labute approximate surface area is 335 Å². The molecule has 4 aromatic carbocycles. The van der Waals surface area contributed by atoms with Gasteiger partial charge in [-0.05, 0) is 123 Å². The molecule has 5 unspecified atom stereocenters. The second-order valence-corrected chi connectivity index (χ2v) is 16.0. The molecule has 12 heteroatoms. The summed E-state index contributed by atoms with van der Waals surface area (Å²) in [6.45, 7) is 5.56. The van der Waals surface area contributed by atoms with Crippen molar-refractivity contribution in [2.24, 2.45) is 5.41 Å². The van der Waals surface area contributed by atoms with E-state index in [2.05, 4.69) is 16.1 Å². The first kappa shape index (κ1) is 42.5. The number of carbonyl (C=O) groups is 2. The highest BCUT2D eigenvalue weighted by Gasteiger charge is 2.57. The molecule has 1 saturated carbocycles. The number of alkyl halides is 3. The average Bonchev–Trinajstić information content (AvgIpc) is 3.43. The van der Waals surface area contributed by atoms with E-state index in [1.807, 2.05) is 63.2 Å². The van der Waals surface area contributed by atoms with E-state index in [0.717, 1.165) is 23.3 Å². The average molecular weight is 805 g/mol. The second-order valence-electron chi connectivity index (χ2n) is 16.0. The predicted molar refractivity (Wildman–Crippen MR) is 210 cm³/mol. The Morgan fingerprint density at radius 2 is 1.67 bits per heavy atom. The number of halogens is 5. The number of amides is 2. The largest absolute Gasteiger partial charge is 0.573 e. The molecule has 308 valence electrons. The first-order chi connectivity index (χ1) is 27.4. The van der Waals surface area contributed by atoms with Gasteiger partial charge in [-0.25, -0.2) is 13.6 Å². The minimum atomic E-state index is -4.88. The van der Waals surface area contributed by atoms with Gasteiger partial charge < -0.3 is 25.2 Å². The zero-order chi connectivity index (χ0) is 41.8. The van der Waals surface area contributed by atoms with Crippen LogP contribution in [-0.2, 0) is 13.0 Å². The second kappa shape index (κ2) is 17.4. The molecule has 0 radical (unpaired) electrons. The molecular formula is C46H49F5N2O5. The molecule has 2 bridgehead atoms. The third-order valence-electron chi connectivity index (χ3n) is 12.0. The van der Waals surface area contributed by atoms with Gasteiger partial charge in [-0.1, -0.05) is 73.2 Å². The molecule has 0 spiro atoms. The number of aliphatic hydroxyl groups is 2. The number of carbonyl (C=O) groups excluding carboxylic acids is 2. The number of ether oxygens (including phenoxy) is 1. The Morgan fingerprint density at radius 1 is 0.948 bits per heavy atom. The SMILES string of the molecule is CC1=CCCC2(C)C(CCC2(O)CN(Cc2ccc(OC(F)(F)F)cc2)C(=O)NC(C)c2ccccc2)c2ccc(cc2C(=O)c2ccc(F)c(F)c2)CC(O)CC1. The zero-order valence-electron chi connectivity index (χ0n) is 32.8. The molecule has 3 aliphatic rings. The van der Waals surface area contributed by atoms with Crippen LogP contribution in [0.25, 0.3) is 0 Å². The molecule has 5 atom stereocenters. The standard InChI is InChI=1S/C46H49F5N2O5/c1-29-8-7-22-44(3)39(37-19-14-32(24-35(54)16-11-29)25-38(37)42(55)34-15-20-40(47)41(48)26-34)21-23-45(44,57)28-53(43(56)52-30(2)33-9-5-4-6-10-33)27-31-12-17-36(18-13-31)58-46(49,50)51/h4-6,8-10,12-15,17-20,25-26,30,35,39,54,57H,7,11,16,21-24,27-28H2,1-3H3,(H,52,56). The summed E-state index contributed by atoms with van der Waals surface area (Å²) in [5, 5.41) is 27.0. The first-order valence-corrected chi connectivity index (χ1v) is 19.6. The summed E-state index contributed by atoms with van der Waals surface area (Å²) < 4.78 is 71.3. The summed E-state index contributed by atoms with van der Waals surface area (Å²) in [5.74, 6) is -3.63. The van der Waals surface area contributed by atoms with Gasteiger partial charge in [0.1, 0.15) is 5.75 Å². The number of hydrogen-bond donors (Lipinski definition) is 3. The van der Waals surface area contributed by atoms with Gasteiger partial charge >= 0.3 is 12.4 Å². The Bertz CT molecular complexity index is 2130. The van der Waals surface area contributed by atoms with Gasteiger partial charge in [-0.15, -0.1) is 13.2 Å². The lowest BCUT2D eigenvalue weighted by Gasteiger charge is -2.46. The summed E-state index contributed by atoms with van der Waals surface area (Å²) in [4.78, 5) is 30.0. The van der Waals surface area contributed by atoms with Crippen LogP contribution in [0.5, 0.6) is 5.75 Å². The van der Waals surface area contributed by atoms with Gasteiger partial charge in [0, 0.05) is 23.1 Å². The van der Waals surface area contributed by atoms with E-state index in [4.69, 9.17) is 0 Å². The maximum absolute atomic E-state index is 14.5. The van der Waals surface area contributed by atoms with Gasteiger partial charge in [-0.2, -0.15) is 0 Å². The van der Waals surface area contributed by atoms with Crippen molar-refractivity contribution >= 4 is 11.8 Å². The molecular weight excluding hydrogens is 756 g/mol. The lowest BCUT2D eigenvalue weighted by molar-refractivity contribution is -0.274. The van der Waals surface area contributed by atoms with Gasteiger partial charge in [0.25, 0.3) is 0 Å². The van der Waals surface area contributed by atoms with Gasteiger partial charge in [-0.3, -0.25) is 4.79 Å². The molecule has 0 aromatic heterocycles. The molecule has 7 nitrogen and oxygen atoms in total. The molecule has 4 aromatic rings. The van der Waals surface area contributed by atoms with Crippen molar-refractivity contribution in [1.29, 1.82) is 0 Å². The third-order valence-corrected chi connectivity index (χ3v) is 12.0. The maximum atomic E-state index is 14.5. The number of hydrogen-bond acceptors (Lipinski definition) is 5. The Morgan fingerprint density at radius 3 is 2.36 bits per heavy atom. The van der Waals surface area contributed by atoms with Crippen LogP contribution in [-0.4, -0.2) is 51.5 Å². The van der Waals surface area contributed by atoms with E-state index in [1.165, 1.54) is 35.2 Å². The van der Waals surface area contributed by atoms with Crippen LogP contribution in [0.2, 0.25) is 0 Å². The fourth-order valence-electron chi connectivity index (χ4n) is 8.62. The van der Waals surface area contributed by atoms with E-state index < -0.39 is 64.6 Å². The van der Waals surface area contributed by atoms with Crippen molar-refractivity contribution < 1.29 is 46.5 Å². The third kappa shape index (κ3) is 9.78. The quantitative estimate of drug-likeness (QED) is 0.0889. The molecule has 7 rings (SSSR count). The van der Waals surface area contributed by atoms with E-state index in [0.29, 0.717) is 48.8 Å². The Hall–Kier alpha value is -5.07. The Kier molecular flexibility index (Phi) is 12.8. The summed E-state index contributed by atoms with van der Waals surface area (Å²) in [5.41, 5.74) is 1.43. The summed E-state index contributed by atoms with van der Waals surface area (Å²) in [6.07, 6.45) is -0.466. The van der Waals surface area contributed by atoms with Crippen LogP contribution in [0, 0.1) is 17.0 Å². The molecule has 2 amide bonds. The van der Waals surface area contributed by atoms with E-state index in [-0.39, 0.29) is 37.1 Å². The van der Waals surface area contributed by atoms with Crippen molar-refractivity contribution in [2.75, 3.05) is 6.54 Å². The van der Waals surface area contributed by atoms with Crippen molar-refractivity contribution in [3.05, 3.63) is 148 Å². The van der Waals surface area contributed by atoms with Crippen LogP contribution in [0.15, 0.2) is 103 Å². The highest BCUT2D eigenvalue weighted by atomic mass is 19.4. The van der Waals surface area contributed by atoms with Gasteiger partial charge in [0.05, 0.1) is 24.3 Å². The van der Waals surface area contributed by atoms with Crippen LogP contribution in [0.3, 0.4) is 0 Å². The van der Waals surface area contributed by atoms with Crippen molar-refractivity contribution in [3.63, 3.8) is 0 Å². The van der Waals surface area contributed by atoms with Crippen molar-refractivity contribution in [1.82, 2.24) is 10.2 Å². The zero-order valence-corrected chi connectivity index (χ0v) is 32.8. The number of ketones is 1. The number of allylic oxidation sites excluding steroid dienone is 2. The van der Waals surface area contributed by atoms with Crippen LogP contribution >= 0.6 is 0 Å². The smallest absolute Gasteiger partial charge is 0.406 e. The van der Waals surface area contributed by atoms with Gasteiger partial charge in [0.2, 0.25) is 0 Å². The highest BCUT2D eigenvalue weighted by molar-refractivity contribution is 6.10. The monoisotopic (exact) mass is 804 g/mol. The predicted octanol–water partition coefficient (Wildman–Crippen LogP) is 10.1. The number of nitrogens with one attached hydrogen (secondary N) is 1. The lowest BCUT2D eigenvalue weighted by atomic mass is 9.64. The first-order valence-electron chi connectivity index (χ1n) is 19.6. The number of rotatable bonds is 9. The number of aliphatic hydroxyl groups excluding tert-OH is 1. The van der Waals surface area contributed by atoms with Crippen LogP contribution < -0.4 is 10.1 Å². The number of fused-ring (bicyclic) bond motifs is 8. The number of benzene rings is 4. The van der Waals surface area contributed by atoms with E-state index in [9.17, 15) is 41.8 Å². The maximum Gasteiger partial charge on any atom is 0.573 e. The topological polar surface area (TPSA) is 99.1 Å². The summed E-state index contributed by atoms with van der Waals surface area (Å²) >= 11 is 0. The van der Waals surface area contributed by atoms with E-state index in [1.54, 1.807) is 6.07 Å². The van der Waals surface area contributed by atoms with Crippen LogP contribution in [0.1, 0.15) is 109 Å². The molecule has 0 saturated heterocycles. The minimum absolute atomic E-state index is 0.0467. The number of nitrogens with zero attached hydrogens (tertiary/aromatic N) is 1. The summed E-state index contributed by atoms with van der Waals surface area (Å²) in [6, 6.07) is 22.0. The van der Waals surface area contributed by atoms with Crippen molar-refractivity contribution in [2.45, 2.75) is 102 Å². The molecule has 3 aliphatic carbocycles. The molecule has 0 aliphatic heterocycles. The normalized spacial score (nSPS) is 23.0. The lowest BCUT2D eigenvalue weighted by Crippen LogP contribution is -2.55. The van der Waals surface area contributed by atoms with Crippen LogP contribution in [0.4, 0.5) is 26.7 Å².